The van der Waals surface area contributed by atoms with Gasteiger partial charge in [0.05, 0.1) is 19.2 Å². The standard InChI is InChI=1S/C17H26N4O4/c1-24-11-3-6-18-15(22)13-20-7-9-21(10-8-20)17(23)14-4-5-16(25-2)19-12-14/h4-5,12H,3,6-11,13H2,1-2H3,(H,18,22). The number of amides is 2. The zero-order chi connectivity index (χ0) is 18.1. The van der Waals surface area contributed by atoms with E-state index in [0.29, 0.717) is 57.3 Å². The molecule has 1 aromatic rings. The molecule has 0 saturated carbocycles. The van der Waals surface area contributed by atoms with E-state index in [4.69, 9.17) is 9.47 Å². The van der Waals surface area contributed by atoms with Gasteiger partial charge < -0.3 is 19.7 Å². The molecule has 0 bridgehead atoms. The Labute approximate surface area is 148 Å². The minimum atomic E-state index is -0.0428. The SMILES string of the molecule is COCCCNC(=O)CN1CCN(C(=O)c2ccc(OC)nc2)CC1. The van der Waals surface area contributed by atoms with Crippen LogP contribution in [0.25, 0.3) is 0 Å². The van der Waals surface area contributed by atoms with E-state index < -0.39 is 0 Å². The van der Waals surface area contributed by atoms with E-state index in [9.17, 15) is 9.59 Å². The third kappa shape index (κ3) is 5.99. The number of piperazine rings is 1. The second kappa shape index (κ2) is 9.95. The summed E-state index contributed by atoms with van der Waals surface area (Å²) in [6.45, 7) is 4.18. The van der Waals surface area contributed by atoms with Crippen molar-refractivity contribution < 1.29 is 19.1 Å². The number of hydrogen-bond donors (Lipinski definition) is 1. The molecule has 8 nitrogen and oxygen atoms in total. The normalized spacial score (nSPS) is 15.0. The van der Waals surface area contributed by atoms with Gasteiger partial charge in [-0.1, -0.05) is 0 Å². The van der Waals surface area contributed by atoms with Gasteiger partial charge in [-0.05, 0) is 12.5 Å². The first-order valence-electron chi connectivity index (χ1n) is 8.41. The first-order valence-corrected chi connectivity index (χ1v) is 8.41. The lowest BCUT2D eigenvalue weighted by molar-refractivity contribution is -0.122. The Hall–Kier alpha value is -2.19. The maximum absolute atomic E-state index is 12.5. The predicted molar refractivity (Wildman–Crippen MR) is 92.6 cm³/mol. The largest absolute Gasteiger partial charge is 0.481 e. The maximum Gasteiger partial charge on any atom is 0.255 e. The number of hydrogen-bond acceptors (Lipinski definition) is 6. The van der Waals surface area contributed by atoms with Crippen LogP contribution in [0.5, 0.6) is 5.88 Å². The Kier molecular flexibility index (Phi) is 7.62. The molecule has 1 saturated heterocycles. The van der Waals surface area contributed by atoms with E-state index in [1.165, 1.54) is 13.3 Å². The van der Waals surface area contributed by atoms with Gasteiger partial charge in [-0.3, -0.25) is 14.5 Å². The fourth-order valence-electron chi connectivity index (χ4n) is 2.62. The molecule has 0 aromatic carbocycles. The fraction of sp³-hybridized carbons (Fsp3) is 0.588. The molecular weight excluding hydrogens is 324 g/mol. The summed E-state index contributed by atoms with van der Waals surface area (Å²) in [6.07, 6.45) is 2.33. The van der Waals surface area contributed by atoms with Crippen LogP contribution in [0.15, 0.2) is 18.3 Å². The van der Waals surface area contributed by atoms with Crippen LogP contribution in [-0.2, 0) is 9.53 Å². The highest BCUT2D eigenvalue weighted by atomic mass is 16.5. The van der Waals surface area contributed by atoms with Crippen molar-refractivity contribution in [3.05, 3.63) is 23.9 Å². The lowest BCUT2D eigenvalue weighted by Gasteiger charge is -2.34. The van der Waals surface area contributed by atoms with Crippen molar-refractivity contribution in [2.45, 2.75) is 6.42 Å². The van der Waals surface area contributed by atoms with Crippen molar-refractivity contribution in [2.24, 2.45) is 0 Å². The molecule has 1 fully saturated rings. The third-order valence-electron chi connectivity index (χ3n) is 4.07. The van der Waals surface area contributed by atoms with Crippen molar-refractivity contribution in [1.29, 1.82) is 0 Å². The van der Waals surface area contributed by atoms with Crippen LogP contribution < -0.4 is 10.1 Å². The summed E-state index contributed by atoms with van der Waals surface area (Å²) in [5, 5.41) is 2.87. The molecule has 1 aliphatic heterocycles. The van der Waals surface area contributed by atoms with Gasteiger partial charge in [0, 0.05) is 58.7 Å². The van der Waals surface area contributed by atoms with E-state index in [2.05, 4.69) is 15.2 Å². The van der Waals surface area contributed by atoms with Gasteiger partial charge >= 0.3 is 0 Å². The first-order chi connectivity index (χ1) is 12.1. The molecule has 2 amide bonds. The van der Waals surface area contributed by atoms with E-state index >= 15 is 0 Å². The molecule has 1 N–H and O–H groups in total. The van der Waals surface area contributed by atoms with Crippen LogP contribution in [0.1, 0.15) is 16.8 Å². The zero-order valence-corrected chi connectivity index (χ0v) is 14.9. The fourth-order valence-corrected chi connectivity index (χ4v) is 2.62. The highest BCUT2D eigenvalue weighted by Gasteiger charge is 2.23. The monoisotopic (exact) mass is 350 g/mol. The Morgan fingerprint density at radius 2 is 1.96 bits per heavy atom. The molecule has 0 atom stereocenters. The average Bonchev–Trinajstić information content (AvgIpc) is 2.65. The van der Waals surface area contributed by atoms with Crippen LogP contribution in [-0.4, -0.2) is 86.7 Å². The molecule has 8 heteroatoms. The summed E-state index contributed by atoms with van der Waals surface area (Å²) in [5.41, 5.74) is 0.546. The number of methoxy groups -OCH3 is 2. The first kappa shape index (κ1) is 19.1. The number of carbonyl (C=O) groups is 2. The molecule has 2 rings (SSSR count). The molecule has 2 heterocycles. The Morgan fingerprint density at radius 1 is 1.20 bits per heavy atom. The zero-order valence-electron chi connectivity index (χ0n) is 14.9. The van der Waals surface area contributed by atoms with Crippen LogP contribution in [0.2, 0.25) is 0 Å². The van der Waals surface area contributed by atoms with Crippen LogP contribution in [0.4, 0.5) is 0 Å². The third-order valence-corrected chi connectivity index (χ3v) is 4.07. The lowest BCUT2D eigenvalue weighted by Crippen LogP contribution is -2.51. The van der Waals surface area contributed by atoms with E-state index in [1.807, 2.05) is 0 Å². The van der Waals surface area contributed by atoms with Crippen molar-refractivity contribution in [1.82, 2.24) is 20.1 Å². The summed E-state index contributed by atoms with van der Waals surface area (Å²) >= 11 is 0. The summed E-state index contributed by atoms with van der Waals surface area (Å²) in [4.78, 5) is 32.3. The number of carbonyl (C=O) groups excluding carboxylic acids is 2. The highest BCUT2D eigenvalue weighted by molar-refractivity contribution is 5.94. The summed E-state index contributed by atoms with van der Waals surface area (Å²) in [7, 11) is 3.18. The molecule has 0 unspecified atom stereocenters. The number of pyridine rings is 1. The summed E-state index contributed by atoms with van der Waals surface area (Å²) in [6, 6.07) is 3.39. The number of nitrogens with one attached hydrogen (secondary N) is 1. The molecule has 0 radical (unpaired) electrons. The number of rotatable bonds is 8. The number of aromatic nitrogens is 1. The van der Waals surface area contributed by atoms with Crippen molar-refractivity contribution in [3.8, 4) is 5.88 Å². The van der Waals surface area contributed by atoms with Gasteiger partial charge in [0.2, 0.25) is 11.8 Å². The lowest BCUT2D eigenvalue weighted by atomic mass is 10.2. The smallest absolute Gasteiger partial charge is 0.255 e. The average molecular weight is 350 g/mol. The van der Waals surface area contributed by atoms with Gasteiger partial charge in [0.25, 0.3) is 5.91 Å². The minimum absolute atomic E-state index is 0.00948. The highest BCUT2D eigenvalue weighted by Crippen LogP contribution is 2.11. The molecule has 0 aliphatic carbocycles. The quantitative estimate of drug-likeness (QED) is 0.665. The molecule has 25 heavy (non-hydrogen) atoms. The molecular formula is C17H26N4O4. The Morgan fingerprint density at radius 3 is 2.56 bits per heavy atom. The van der Waals surface area contributed by atoms with Crippen molar-refractivity contribution in [3.63, 3.8) is 0 Å². The predicted octanol–water partition coefficient (Wildman–Crippen LogP) is 0.000700. The van der Waals surface area contributed by atoms with Gasteiger partial charge in [-0.15, -0.1) is 0 Å². The van der Waals surface area contributed by atoms with Crippen LogP contribution >= 0.6 is 0 Å². The summed E-state index contributed by atoms with van der Waals surface area (Å²) in [5.74, 6) is 0.451. The maximum atomic E-state index is 12.5. The van der Waals surface area contributed by atoms with Gasteiger partial charge in [0.15, 0.2) is 0 Å². The van der Waals surface area contributed by atoms with Crippen LogP contribution in [0.3, 0.4) is 0 Å². The van der Waals surface area contributed by atoms with Crippen molar-refractivity contribution in [2.75, 3.05) is 60.1 Å². The molecule has 1 aromatic heterocycles. The molecule has 0 spiro atoms. The van der Waals surface area contributed by atoms with E-state index in [0.717, 1.165) is 6.42 Å². The molecule has 138 valence electrons. The Bertz CT molecular complexity index is 556. The van der Waals surface area contributed by atoms with Gasteiger partial charge in [-0.25, -0.2) is 4.98 Å². The molecule has 1 aliphatic rings. The Balaban J connectivity index is 1.73. The van der Waals surface area contributed by atoms with Crippen LogP contribution in [0, 0.1) is 0 Å². The van der Waals surface area contributed by atoms with E-state index in [1.54, 1.807) is 24.1 Å². The van der Waals surface area contributed by atoms with Crippen molar-refractivity contribution >= 4 is 11.8 Å². The number of ether oxygens (including phenoxy) is 2. The number of nitrogens with zero attached hydrogens (tertiary/aromatic N) is 3. The second-order valence-corrected chi connectivity index (χ2v) is 5.85. The van der Waals surface area contributed by atoms with Gasteiger partial charge in [-0.2, -0.15) is 0 Å². The minimum Gasteiger partial charge on any atom is -0.481 e. The summed E-state index contributed by atoms with van der Waals surface area (Å²) < 4.78 is 9.95. The van der Waals surface area contributed by atoms with E-state index in [-0.39, 0.29) is 11.8 Å². The second-order valence-electron chi connectivity index (χ2n) is 5.85. The van der Waals surface area contributed by atoms with Gasteiger partial charge in [0.1, 0.15) is 0 Å². The topological polar surface area (TPSA) is 84.0 Å².